The summed E-state index contributed by atoms with van der Waals surface area (Å²) in [6.07, 6.45) is 0.976. The fourth-order valence-corrected chi connectivity index (χ4v) is 3.82. The first-order chi connectivity index (χ1) is 14.1. The van der Waals surface area contributed by atoms with Gasteiger partial charge in [0.25, 0.3) is 5.91 Å². The summed E-state index contributed by atoms with van der Waals surface area (Å²) in [6.45, 7) is 9.43. The Balaban J connectivity index is 2.05. The van der Waals surface area contributed by atoms with Crippen molar-refractivity contribution in [2.75, 3.05) is 14.1 Å². The summed E-state index contributed by atoms with van der Waals surface area (Å²) in [5.41, 5.74) is 1.84. The number of hydrogen-bond donors (Lipinski definition) is 2. The highest BCUT2D eigenvalue weighted by Gasteiger charge is 2.35. The summed E-state index contributed by atoms with van der Waals surface area (Å²) in [4.78, 5) is 32.8. The summed E-state index contributed by atoms with van der Waals surface area (Å²) < 4.78 is 2.16. The summed E-state index contributed by atoms with van der Waals surface area (Å²) in [5, 5.41) is 5.60. The zero-order valence-electron chi connectivity index (χ0n) is 18.8. The maximum atomic E-state index is 13.4. The van der Waals surface area contributed by atoms with Crippen LogP contribution < -0.4 is 10.6 Å². The largest absolute Gasteiger partial charge is 0.357 e. The Morgan fingerprint density at radius 1 is 1.20 bits per heavy atom. The first kappa shape index (κ1) is 22.0. The molecule has 0 spiro atoms. The van der Waals surface area contributed by atoms with Gasteiger partial charge >= 0.3 is 0 Å². The van der Waals surface area contributed by atoms with Gasteiger partial charge in [-0.25, -0.2) is 4.98 Å². The van der Waals surface area contributed by atoms with Crippen LogP contribution in [-0.2, 0) is 17.9 Å². The minimum Gasteiger partial charge on any atom is -0.357 e. The topological polar surface area (TPSA) is 79.3 Å². The van der Waals surface area contributed by atoms with E-state index in [2.05, 4.69) is 34.1 Å². The minimum absolute atomic E-state index is 0.213. The van der Waals surface area contributed by atoms with Crippen molar-refractivity contribution in [3.8, 4) is 11.4 Å². The Bertz CT molecular complexity index is 914. The lowest BCUT2D eigenvalue weighted by atomic mass is 9.86. The molecule has 2 heterocycles. The quantitative estimate of drug-likeness (QED) is 0.811. The molecule has 0 fully saturated rings. The van der Waals surface area contributed by atoms with Gasteiger partial charge in [-0.3, -0.25) is 14.5 Å². The van der Waals surface area contributed by atoms with Gasteiger partial charge in [-0.2, -0.15) is 0 Å². The van der Waals surface area contributed by atoms with Crippen LogP contribution in [0.25, 0.3) is 11.4 Å². The van der Waals surface area contributed by atoms with Crippen LogP contribution >= 0.6 is 0 Å². The Hall–Kier alpha value is -2.67. The van der Waals surface area contributed by atoms with E-state index in [1.807, 2.05) is 51.1 Å². The SMILES string of the molecule is CNC(=O)[C@@H](NC(=O)c1nc(-c2ccccc2)n2c1CN(C)C(C)CC2)C(C)(C)C. The monoisotopic (exact) mass is 411 g/mol. The predicted octanol–water partition coefficient (Wildman–Crippen LogP) is 2.66. The van der Waals surface area contributed by atoms with E-state index in [4.69, 9.17) is 4.98 Å². The molecule has 2 aromatic rings. The van der Waals surface area contributed by atoms with Gasteiger partial charge < -0.3 is 15.2 Å². The van der Waals surface area contributed by atoms with Crippen LogP contribution in [0.3, 0.4) is 0 Å². The van der Waals surface area contributed by atoms with Crippen molar-refractivity contribution in [1.82, 2.24) is 25.1 Å². The number of aromatic nitrogens is 2. The number of amides is 2. The molecule has 162 valence electrons. The molecule has 0 bridgehead atoms. The molecule has 7 nitrogen and oxygen atoms in total. The molecule has 1 aromatic carbocycles. The Kier molecular flexibility index (Phi) is 6.31. The van der Waals surface area contributed by atoms with Crippen molar-refractivity contribution in [2.45, 2.75) is 59.3 Å². The van der Waals surface area contributed by atoms with Crippen LogP contribution in [-0.4, -0.2) is 52.4 Å². The third-order valence-electron chi connectivity index (χ3n) is 5.89. The average molecular weight is 412 g/mol. The molecule has 0 radical (unpaired) electrons. The lowest BCUT2D eigenvalue weighted by Crippen LogP contribution is -2.53. The van der Waals surface area contributed by atoms with Gasteiger partial charge in [-0.15, -0.1) is 0 Å². The van der Waals surface area contributed by atoms with Gasteiger partial charge in [-0.05, 0) is 25.8 Å². The normalized spacial score (nSPS) is 18.3. The van der Waals surface area contributed by atoms with E-state index in [0.717, 1.165) is 30.0 Å². The van der Waals surface area contributed by atoms with Crippen LogP contribution in [0, 0.1) is 5.41 Å². The first-order valence-corrected chi connectivity index (χ1v) is 10.5. The molecular weight excluding hydrogens is 378 g/mol. The highest BCUT2D eigenvalue weighted by molar-refractivity contribution is 5.97. The van der Waals surface area contributed by atoms with E-state index in [9.17, 15) is 9.59 Å². The number of likely N-dealkylation sites (N-methyl/N-ethyl adjacent to an activating group) is 1. The molecule has 30 heavy (non-hydrogen) atoms. The fraction of sp³-hybridized carbons (Fsp3) is 0.522. The lowest BCUT2D eigenvalue weighted by molar-refractivity contribution is -0.124. The number of nitrogens with zero attached hydrogens (tertiary/aromatic N) is 3. The van der Waals surface area contributed by atoms with Crippen molar-refractivity contribution in [3.63, 3.8) is 0 Å². The Morgan fingerprint density at radius 3 is 2.47 bits per heavy atom. The molecule has 3 rings (SSSR count). The number of fused-ring (bicyclic) bond motifs is 1. The molecule has 0 aliphatic carbocycles. The number of rotatable bonds is 4. The molecule has 7 heteroatoms. The van der Waals surface area contributed by atoms with Crippen molar-refractivity contribution < 1.29 is 9.59 Å². The standard InChI is InChI=1S/C23H33N5O2/c1-15-12-13-28-17(14-27(15)6)18(25-20(28)16-10-8-7-9-11-16)21(29)26-19(22(30)24-5)23(2,3)4/h7-11,15,19H,12-14H2,1-6H3,(H,24,30)(H,26,29)/t15?,19-/m1/s1. The summed E-state index contributed by atoms with van der Waals surface area (Å²) >= 11 is 0. The van der Waals surface area contributed by atoms with E-state index in [0.29, 0.717) is 18.3 Å². The molecular formula is C23H33N5O2. The third-order valence-corrected chi connectivity index (χ3v) is 5.89. The maximum absolute atomic E-state index is 13.4. The van der Waals surface area contributed by atoms with Crippen LogP contribution in [0.1, 0.15) is 50.3 Å². The van der Waals surface area contributed by atoms with E-state index >= 15 is 0 Å². The first-order valence-electron chi connectivity index (χ1n) is 10.5. The van der Waals surface area contributed by atoms with Crippen molar-refractivity contribution in [2.24, 2.45) is 5.41 Å². The van der Waals surface area contributed by atoms with Crippen LogP contribution in [0.2, 0.25) is 0 Å². The molecule has 1 unspecified atom stereocenters. The fourth-order valence-electron chi connectivity index (χ4n) is 3.82. The number of hydrogen-bond acceptors (Lipinski definition) is 4. The Morgan fingerprint density at radius 2 is 1.87 bits per heavy atom. The van der Waals surface area contributed by atoms with Crippen LogP contribution in [0.4, 0.5) is 0 Å². The second kappa shape index (κ2) is 8.60. The van der Waals surface area contributed by atoms with E-state index in [-0.39, 0.29) is 11.8 Å². The van der Waals surface area contributed by atoms with Gasteiger partial charge in [0.05, 0.1) is 5.69 Å². The molecule has 0 saturated heterocycles. The van der Waals surface area contributed by atoms with Crippen LogP contribution in [0.15, 0.2) is 30.3 Å². The molecule has 2 amide bonds. The number of benzene rings is 1. The highest BCUT2D eigenvalue weighted by atomic mass is 16.2. The number of carbonyl (C=O) groups excluding carboxylic acids is 2. The zero-order chi connectivity index (χ0) is 22.1. The zero-order valence-corrected chi connectivity index (χ0v) is 18.8. The number of imidazole rings is 1. The van der Waals surface area contributed by atoms with Gasteiger partial charge in [0.15, 0.2) is 5.69 Å². The van der Waals surface area contributed by atoms with Crippen LogP contribution in [0.5, 0.6) is 0 Å². The average Bonchev–Trinajstić information content (AvgIpc) is 3.00. The third kappa shape index (κ3) is 4.41. The maximum Gasteiger partial charge on any atom is 0.272 e. The summed E-state index contributed by atoms with van der Waals surface area (Å²) in [6, 6.07) is 9.69. The van der Waals surface area contributed by atoms with Gasteiger partial charge in [0.2, 0.25) is 5.91 Å². The van der Waals surface area contributed by atoms with Gasteiger partial charge in [0, 0.05) is 31.7 Å². The smallest absolute Gasteiger partial charge is 0.272 e. The van der Waals surface area contributed by atoms with E-state index < -0.39 is 11.5 Å². The summed E-state index contributed by atoms with van der Waals surface area (Å²) in [5.74, 6) is 0.271. The second-order valence-electron chi connectivity index (χ2n) is 9.19. The molecule has 1 aromatic heterocycles. The molecule has 2 N–H and O–H groups in total. The molecule has 1 aliphatic rings. The van der Waals surface area contributed by atoms with E-state index in [1.165, 1.54) is 0 Å². The second-order valence-corrected chi connectivity index (χ2v) is 9.19. The molecule has 1 aliphatic heterocycles. The summed E-state index contributed by atoms with van der Waals surface area (Å²) in [7, 11) is 3.65. The molecule has 0 saturated carbocycles. The van der Waals surface area contributed by atoms with Crippen molar-refractivity contribution >= 4 is 11.8 Å². The van der Waals surface area contributed by atoms with Crippen molar-refractivity contribution in [1.29, 1.82) is 0 Å². The lowest BCUT2D eigenvalue weighted by Gasteiger charge is -2.29. The minimum atomic E-state index is -0.657. The van der Waals surface area contributed by atoms with E-state index in [1.54, 1.807) is 7.05 Å². The van der Waals surface area contributed by atoms with Crippen molar-refractivity contribution in [3.05, 3.63) is 41.7 Å². The highest BCUT2D eigenvalue weighted by Crippen LogP contribution is 2.28. The number of nitrogens with one attached hydrogen (secondary N) is 2. The van der Waals surface area contributed by atoms with Gasteiger partial charge in [-0.1, -0.05) is 51.1 Å². The van der Waals surface area contributed by atoms with Gasteiger partial charge in [0.1, 0.15) is 11.9 Å². The predicted molar refractivity (Wildman–Crippen MR) is 118 cm³/mol. The molecule has 2 atom stereocenters. The number of carbonyl (C=O) groups is 2. The Labute approximate surface area is 178 Å².